The van der Waals surface area contributed by atoms with Crippen LogP contribution in [0.2, 0.25) is 0 Å². The molecule has 1 N–H and O–H groups in total. The number of aliphatic carboxylic acids is 1. The van der Waals surface area contributed by atoms with Gasteiger partial charge < -0.3 is 9.84 Å². The highest BCUT2D eigenvalue weighted by atomic mass is 16.5. The number of carboxylic acid groups (broad SMARTS) is 1. The summed E-state index contributed by atoms with van der Waals surface area (Å²) < 4.78 is 5.41. The van der Waals surface area contributed by atoms with E-state index < -0.39 is 12.1 Å². The number of ether oxygens (including phenoxy) is 1. The monoisotopic (exact) mass is 248 g/mol. The van der Waals surface area contributed by atoms with Crippen LogP contribution in [0.15, 0.2) is 24.3 Å². The second-order valence-electron chi connectivity index (χ2n) is 5.01. The number of carboxylic acids is 1. The Bertz CT molecular complexity index is 408. The van der Waals surface area contributed by atoms with Crippen molar-refractivity contribution in [2.45, 2.75) is 51.0 Å². The van der Waals surface area contributed by atoms with Crippen molar-refractivity contribution in [1.82, 2.24) is 0 Å². The van der Waals surface area contributed by atoms with E-state index in [0.29, 0.717) is 11.7 Å². The number of benzene rings is 1. The van der Waals surface area contributed by atoms with E-state index in [1.807, 2.05) is 18.2 Å². The Kier molecular flexibility index (Phi) is 4.24. The van der Waals surface area contributed by atoms with Crippen LogP contribution in [0, 0.1) is 0 Å². The van der Waals surface area contributed by atoms with Gasteiger partial charge in [0.15, 0.2) is 6.10 Å². The molecule has 1 aliphatic carbocycles. The van der Waals surface area contributed by atoms with Gasteiger partial charge in [-0.05, 0) is 43.4 Å². The standard InChI is InChI=1S/C15H20O3/c1-11(15(16)17)18-14-9-5-8-13(10-14)12-6-3-2-4-7-12/h5,8-12H,2-4,6-7H2,1H3,(H,16,17)/t11-/m1/s1. The van der Waals surface area contributed by atoms with Crippen molar-refractivity contribution >= 4 is 5.97 Å². The first kappa shape index (κ1) is 12.9. The fourth-order valence-corrected chi connectivity index (χ4v) is 2.53. The molecule has 0 bridgehead atoms. The van der Waals surface area contributed by atoms with Gasteiger partial charge in [0.05, 0.1) is 0 Å². The van der Waals surface area contributed by atoms with Gasteiger partial charge in [-0.15, -0.1) is 0 Å². The maximum Gasteiger partial charge on any atom is 0.344 e. The van der Waals surface area contributed by atoms with Crippen LogP contribution in [0.4, 0.5) is 0 Å². The third kappa shape index (κ3) is 3.25. The van der Waals surface area contributed by atoms with Crippen LogP contribution in [-0.2, 0) is 4.79 Å². The van der Waals surface area contributed by atoms with Crippen LogP contribution in [0.25, 0.3) is 0 Å². The molecule has 0 radical (unpaired) electrons. The fourth-order valence-electron chi connectivity index (χ4n) is 2.53. The molecule has 2 rings (SSSR count). The Morgan fingerprint density at radius 3 is 2.72 bits per heavy atom. The van der Waals surface area contributed by atoms with Crippen molar-refractivity contribution in [3.05, 3.63) is 29.8 Å². The summed E-state index contributed by atoms with van der Waals surface area (Å²) in [5.74, 6) is 0.341. The molecule has 1 atom stereocenters. The molecule has 1 aliphatic rings. The Labute approximate surface area is 108 Å². The predicted octanol–water partition coefficient (Wildman–Crippen LogP) is 3.59. The number of rotatable bonds is 4. The Morgan fingerprint density at radius 1 is 1.33 bits per heavy atom. The van der Waals surface area contributed by atoms with E-state index in [2.05, 4.69) is 6.07 Å². The van der Waals surface area contributed by atoms with Gasteiger partial charge in [0.25, 0.3) is 0 Å². The molecule has 98 valence electrons. The van der Waals surface area contributed by atoms with Crippen LogP contribution < -0.4 is 4.74 Å². The quantitative estimate of drug-likeness (QED) is 0.885. The summed E-state index contributed by atoms with van der Waals surface area (Å²) in [6, 6.07) is 7.89. The summed E-state index contributed by atoms with van der Waals surface area (Å²) in [5, 5.41) is 8.84. The van der Waals surface area contributed by atoms with Gasteiger partial charge in [-0.2, -0.15) is 0 Å². The Balaban J connectivity index is 2.06. The minimum atomic E-state index is -0.932. The first-order valence-electron chi connectivity index (χ1n) is 6.66. The summed E-state index contributed by atoms with van der Waals surface area (Å²) in [5.41, 5.74) is 1.28. The molecule has 1 fully saturated rings. The van der Waals surface area contributed by atoms with Crippen molar-refractivity contribution in [2.24, 2.45) is 0 Å². The average Bonchev–Trinajstić information content (AvgIpc) is 2.40. The number of hydrogen-bond acceptors (Lipinski definition) is 2. The molecule has 0 amide bonds. The summed E-state index contributed by atoms with van der Waals surface area (Å²) in [4.78, 5) is 10.8. The molecular weight excluding hydrogens is 228 g/mol. The predicted molar refractivity (Wildman–Crippen MR) is 70.0 cm³/mol. The third-order valence-electron chi connectivity index (χ3n) is 3.60. The van der Waals surface area contributed by atoms with Gasteiger partial charge >= 0.3 is 5.97 Å². The van der Waals surface area contributed by atoms with E-state index in [1.54, 1.807) is 6.92 Å². The lowest BCUT2D eigenvalue weighted by molar-refractivity contribution is -0.144. The van der Waals surface area contributed by atoms with Gasteiger partial charge in [-0.25, -0.2) is 4.79 Å². The molecule has 3 nitrogen and oxygen atoms in total. The van der Waals surface area contributed by atoms with Crippen molar-refractivity contribution in [1.29, 1.82) is 0 Å². The first-order valence-corrected chi connectivity index (χ1v) is 6.66. The highest BCUT2D eigenvalue weighted by Gasteiger charge is 2.17. The largest absolute Gasteiger partial charge is 0.479 e. The molecule has 1 aromatic carbocycles. The van der Waals surface area contributed by atoms with Crippen LogP contribution in [0.1, 0.15) is 50.5 Å². The van der Waals surface area contributed by atoms with E-state index in [9.17, 15) is 4.79 Å². The molecule has 0 saturated heterocycles. The normalized spacial score (nSPS) is 18.3. The molecule has 3 heteroatoms. The van der Waals surface area contributed by atoms with Crippen molar-refractivity contribution < 1.29 is 14.6 Å². The van der Waals surface area contributed by atoms with E-state index in [-0.39, 0.29) is 0 Å². The van der Waals surface area contributed by atoms with E-state index >= 15 is 0 Å². The minimum absolute atomic E-state index is 0.613. The van der Waals surface area contributed by atoms with Crippen LogP contribution in [-0.4, -0.2) is 17.2 Å². The fraction of sp³-hybridized carbons (Fsp3) is 0.533. The molecular formula is C15H20O3. The third-order valence-corrected chi connectivity index (χ3v) is 3.60. The molecule has 0 spiro atoms. The Hall–Kier alpha value is -1.51. The highest BCUT2D eigenvalue weighted by Crippen LogP contribution is 2.33. The lowest BCUT2D eigenvalue weighted by Gasteiger charge is -2.22. The van der Waals surface area contributed by atoms with Gasteiger partial charge in [0.1, 0.15) is 5.75 Å². The summed E-state index contributed by atoms with van der Waals surface area (Å²) in [6.45, 7) is 1.55. The number of hydrogen-bond donors (Lipinski definition) is 1. The molecule has 1 saturated carbocycles. The van der Waals surface area contributed by atoms with Crippen LogP contribution >= 0.6 is 0 Å². The molecule has 0 heterocycles. The van der Waals surface area contributed by atoms with Crippen molar-refractivity contribution in [2.75, 3.05) is 0 Å². The lowest BCUT2D eigenvalue weighted by Crippen LogP contribution is -2.22. The van der Waals surface area contributed by atoms with Gasteiger partial charge in [0.2, 0.25) is 0 Å². The maximum atomic E-state index is 10.8. The van der Waals surface area contributed by atoms with Crippen molar-refractivity contribution in [3.63, 3.8) is 0 Å². The minimum Gasteiger partial charge on any atom is -0.479 e. The van der Waals surface area contributed by atoms with Crippen molar-refractivity contribution in [3.8, 4) is 5.75 Å². The number of carbonyl (C=O) groups is 1. The molecule has 0 aliphatic heterocycles. The Morgan fingerprint density at radius 2 is 2.06 bits per heavy atom. The maximum absolute atomic E-state index is 10.8. The average molecular weight is 248 g/mol. The molecule has 18 heavy (non-hydrogen) atoms. The zero-order valence-corrected chi connectivity index (χ0v) is 10.8. The first-order chi connectivity index (χ1) is 8.66. The smallest absolute Gasteiger partial charge is 0.344 e. The SMILES string of the molecule is C[C@@H](Oc1cccc(C2CCCCC2)c1)C(=O)O. The summed E-state index contributed by atoms with van der Waals surface area (Å²) in [6.07, 6.45) is 5.59. The topological polar surface area (TPSA) is 46.5 Å². The van der Waals surface area contributed by atoms with E-state index in [1.165, 1.54) is 37.7 Å². The van der Waals surface area contributed by atoms with E-state index in [0.717, 1.165) is 0 Å². The lowest BCUT2D eigenvalue weighted by atomic mass is 9.84. The van der Waals surface area contributed by atoms with Crippen LogP contribution in [0.3, 0.4) is 0 Å². The van der Waals surface area contributed by atoms with Crippen LogP contribution in [0.5, 0.6) is 5.75 Å². The van der Waals surface area contributed by atoms with Gasteiger partial charge in [-0.3, -0.25) is 0 Å². The highest BCUT2D eigenvalue weighted by molar-refractivity contribution is 5.72. The molecule has 0 unspecified atom stereocenters. The second-order valence-corrected chi connectivity index (χ2v) is 5.01. The summed E-state index contributed by atoms with van der Waals surface area (Å²) >= 11 is 0. The second kappa shape index (κ2) is 5.89. The van der Waals surface area contributed by atoms with Gasteiger partial charge in [0, 0.05) is 0 Å². The van der Waals surface area contributed by atoms with E-state index in [4.69, 9.17) is 9.84 Å². The molecule has 1 aromatic rings. The molecule has 0 aromatic heterocycles. The zero-order valence-electron chi connectivity index (χ0n) is 10.8. The summed E-state index contributed by atoms with van der Waals surface area (Å²) in [7, 11) is 0. The van der Waals surface area contributed by atoms with Gasteiger partial charge in [-0.1, -0.05) is 31.4 Å². The zero-order chi connectivity index (χ0) is 13.0.